The van der Waals surface area contributed by atoms with Crippen LogP contribution >= 0.6 is 23.4 Å². The van der Waals surface area contributed by atoms with Crippen LogP contribution in [0.15, 0.2) is 28.3 Å². The summed E-state index contributed by atoms with van der Waals surface area (Å²) in [4.78, 5) is 1.02. The van der Waals surface area contributed by atoms with E-state index in [0.29, 0.717) is 18.5 Å². The third kappa shape index (κ3) is 2.70. The lowest BCUT2D eigenvalue weighted by Crippen LogP contribution is -2.01. The van der Waals surface area contributed by atoms with Gasteiger partial charge in [0.25, 0.3) is 0 Å². The molecule has 21 heavy (non-hydrogen) atoms. The van der Waals surface area contributed by atoms with Crippen molar-refractivity contribution in [1.82, 2.24) is 14.8 Å². The minimum absolute atomic E-state index is 0.509. The Morgan fingerprint density at radius 2 is 2.05 bits per heavy atom. The molecule has 2 saturated carbocycles. The molecule has 1 heterocycles. The van der Waals surface area contributed by atoms with Crippen LogP contribution in [0.4, 0.5) is 0 Å². The van der Waals surface area contributed by atoms with Gasteiger partial charge in [0.1, 0.15) is 5.82 Å². The first kappa shape index (κ1) is 13.6. The lowest BCUT2D eigenvalue weighted by Gasteiger charge is -2.09. The van der Waals surface area contributed by atoms with E-state index >= 15 is 0 Å². The lowest BCUT2D eigenvalue weighted by atomic mass is 10.2. The Balaban J connectivity index is 1.65. The Bertz CT molecular complexity index is 676. The van der Waals surface area contributed by atoms with Crippen LogP contribution in [-0.4, -0.2) is 14.8 Å². The second-order valence-corrected chi connectivity index (χ2v) is 7.20. The second kappa shape index (κ2) is 5.30. The average molecular weight is 321 g/mol. The number of rotatable bonds is 5. The van der Waals surface area contributed by atoms with E-state index in [1.807, 2.05) is 18.2 Å². The zero-order valence-corrected chi connectivity index (χ0v) is 13.2. The fourth-order valence-corrected chi connectivity index (χ4v) is 3.74. The first-order valence-corrected chi connectivity index (χ1v) is 8.57. The number of benzene rings is 1. The Morgan fingerprint density at radius 1 is 1.24 bits per heavy atom. The first-order chi connectivity index (χ1) is 10.3. The van der Waals surface area contributed by atoms with Crippen molar-refractivity contribution in [2.75, 3.05) is 0 Å². The Kier molecular flexibility index (Phi) is 3.44. The minimum Gasteiger partial charge on any atom is -0.326 e. The normalized spacial score (nSPS) is 18.2. The minimum atomic E-state index is 0.509. The van der Waals surface area contributed by atoms with E-state index in [1.165, 1.54) is 31.5 Å². The molecule has 0 aliphatic heterocycles. The molecule has 4 rings (SSSR count). The molecule has 1 aromatic heterocycles. The SMILES string of the molecule is NCc1ccc(Sc2nnc(C3CC3)n2C2CC2)c(Cl)c1. The van der Waals surface area contributed by atoms with Gasteiger partial charge in [0, 0.05) is 23.4 Å². The Morgan fingerprint density at radius 3 is 2.67 bits per heavy atom. The molecule has 2 N–H and O–H groups in total. The van der Waals surface area contributed by atoms with Gasteiger partial charge in [-0.1, -0.05) is 17.7 Å². The van der Waals surface area contributed by atoms with Crippen molar-refractivity contribution in [2.45, 2.75) is 54.2 Å². The molecule has 110 valence electrons. The molecular weight excluding hydrogens is 304 g/mol. The van der Waals surface area contributed by atoms with Gasteiger partial charge in [-0.15, -0.1) is 10.2 Å². The first-order valence-electron chi connectivity index (χ1n) is 7.37. The van der Waals surface area contributed by atoms with Crippen molar-refractivity contribution < 1.29 is 0 Å². The van der Waals surface area contributed by atoms with Crippen molar-refractivity contribution in [2.24, 2.45) is 5.73 Å². The van der Waals surface area contributed by atoms with E-state index in [1.54, 1.807) is 11.8 Å². The molecule has 1 aromatic carbocycles. The van der Waals surface area contributed by atoms with E-state index in [9.17, 15) is 0 Å². The second-order valence-electron chi connectivity index (χ2n) is 5.79. The van der Waals surface area contributed by atoms with Gasteiger partial charge >= 0.3 is 0 Å². The van der Waals surface area contributed by atoms with Gasteiger partial charge in [0.05, 0.1) is 5.02 Å². The van der Waals surface area contributed by atoms with Crippen LogP contribution in [0.1, 0.15) is 49.0 Å². The van der Waals surface area contributed by atoms with Gasteiger partial charge in [0.2, 0.25) is 0 Å². The Hall–Kier alpha value is -1.04. The van der Waals surface area contributed by atoms with Crippen LogP contribution < -0.4 is 5.73 Å². The summed E-state index contributed by atoms with van der Waals surface area (Å²) < 4.78 is 2.34. The summed E-state index contributed by atoms with van der Waals surface area (Å²) in [6.45, 7) is 0.509. The summed E-state index contributed by atoms with van der Waals surface area (Å²) in [5.41, 5.74) is 6.69. The quantitative estimate of drug-likeness (QED) is 0.911. The fraction of sp³-hybridized carbons (Fsp3) is 0.467. The Labute approximate surface area is 133 Å². The average Bonchev–Trinajstić information content (AvgIpc) is 3.40. The molecule has 2 aliphatic carbocycles. The predicted molar refractivity (Wildman–Crippen MR) is 83.7 cm³/mol. The van der Waals surface area contributed by atoms with Crippen LogP contribution in [0, 0.1) is 0 Å². The number of aromatic nitrogens is 3. The third-order valence-electron chi connectivity index (χ3n) is 3.98. The molecule has 2 aromatic rings. The largest absolute Gasteiger partial charge is 0.326 e. The highest BCUT2D eigenvalue weighted by molar-refractivity contribution is 7.99. The maximum Gasteiger partial charge on any atom is 0.196 e. The molecule has 0 bridgehead atoms. The zero-order chi connectivity index (χ0) is 14.4. The highest BCUT2D eigenvalue weighted by atomic mass is 35.5. The van der Waals surface area contributed by atoms with Gasteiger partial charge in [-0.3, -0.25) is 0 Å². The predicted octanol–water partition coefficient (Wildman–Crippen LogP) is 3.75. The standard InChI is InChI=1S/C15H17ClN4S/c16-12-7-9(8-17)1-6-13(12)21-15-19-18-14(10-2-3-10)20(15)11-4-5-11/h1,6-7,10-11H,2-5,8,17H2. The number of hydrogen-bond donors (Lipinski definition) is 1. The van der Waals surface area contributed by atoms with Crippen LogP contribution in [0.5, 0.6) is 0 Å². The molecule has 4 nitrogen and oxygen atoms in total. The zero-order valence-electron chi connectivity index (χ0n) is 11.6. The molecule has 0 radical (unpaired) electrons. The maximum absolute atomic E-state index is 6.35. The number of nitrogens with two attached hydrogens (primary N) is 1. The topological polar surface area (TPSA) is 56.7 Å². The summed E-state index contributed by atoms with van der Waals surface area (Å²) in [6.07, 6.45) is 4.99. The van der Waals surface area contributed by atoms with E-state index < -0.39 is 0 Å². The van der Waals surface area contributed by atoms with Crippen molar-refractivity contribution in [3.63, 3.8) is 0 Å². The maximum atomic E-state index is 6.35. The van der Waals surface area contributed by atoms with Crippen LogP contribution in [0.25, 0.3) is 0 Å². The summed E-state index contributed by atoms with van der Waals surface area (Å²) in [6, 6.07) is 6.58. The monoisotopic (exact) mass is 320 g/mol. The third-order valence-corrected chi connectivity index (χ3v) is 5.44. The summed E-state index contributed by atoms with van der Waals surface area (Å²) in [7, 11) is 0. The fourth-order valence-electron chi connectivity index (χ4n) is 2.51. The van der Waals surface area contributed by atoms with E-state index in [4.69, 9.17) is 17.3 Å². The summed E-state index contributed by atoms with van der Waals surface area (Å²) in [5.74, 6) is 1.80. The molecule has 0 amide bonds. The van der Waals surface area contributed by atoms with Crippen LogP contribution in [0.3, 0.4) is 0 Å². The molecule has 0 atom stereocenters. The molecular formula is C15H17ClN4S. The van der Waals surface area contributed by atoms with E-state index in [0.717, 1.165) is 20.6 Å². The summed E-state index contributed by atoms with van der Waals surface area (Å²) in [5, 5.41) is 10.5. The summed E-state index contributed by atoms with van der Waals surface area (Å²) >= 11 is 7.96. The highest BCUT2D eigenvalue weighted by Crippen LogP contribution is 2.47. The molecule has 0 saturated heterocycles. The van der Waals surface area contributed by atoms with Gasteiger partial charge in [-0.25, -0.2) is 0 Å². The van der Waals surface area contributed by atoms with Gasteiger partial charge < -0.3 is 10.3 Å². The molecule has 0 unspecified atom stereocenters. The molecule has 6 heteroatoms. The van der Waals surface area contributed by atoms with Crippen LogP contribution in [0.2, 0.25) is 5.02 Å². The number of nitrogens with zero attached hydrogens (tertiary/aromatic N) is 3. The number of halogens is 1. The van der Waals surface area contributed by atoms with Crippen LogP contribution in [-0.2, 0) is 6.54 Å². The van der Waals surface area contributed by atoms with Crippen molar-refractivity contribution in [1.29, 1.82) is 0 Å². The van der Waals surface area contributed by atoms with Gasteiger partial charge in [-0.2, -0.15) is 0 Å². The van der Waals surface area contributed by atoms with Gasteiger partial charge in [0.15, 0.2) is 5.16 Å². The molecule has 2 aliphatic rings. The van der Waals surface area contributed by atoms with Crippen molar-refractivity contribution >= 4 is 23.4 Å². The number of hydrogen-bond acceptors (Lipinski definition) is 4. The molecule has 0 spiro atoms. The smallest absolute Gasteiger partial charge is 0.196 e. The van der Waals surface area contributed by atoms with Crippen molar-refractivity contribution in [3.05, 3.63) is 34.6 Å². The van der Waals surface area contributed by atoms with E-state index in [2.05, 4.69) is 14.8 Å². The van der Waals surface area contributed by atoms with Crippen molar-refractivity contribution in [3.8, 4) is 0 Å². The van der Waals surface area contributed by atoms with Gasteiger partial charge in [-0.05, 0) is 55.1 Å². The van der Waals surface area contributed by atoms with E-state index in [-0.39, 0.29) is 0 Å². The highest BCUT2D eigenvalue weighted by Gasteiger charge is 2.36. The molecule has 2 fully saturated rings. The lowest BCUT2D eigenvalue weighted by molar-refractivity contribution is 0.627.